The number of fused-ring (bicyclic) bond motifs is 1. The van der Waals surface area contributed by atoms with E-state index in [2.05, 4.69) is 25.8 Å². The molecule has 2 heterocycles. The Balaban J connectivity index is 1.38. The summed E-state index contributed by atoms with van der Waals surface area (Å²) < 4.78 is 13.1. The van der Waals surface area contributed by atoms with Crippen LogP contribution in [-0.4, -0.2) is 27.0 Å². The van der Waals surface area contributed by atoms with Crippen LogP contribution >= 0.6 is 0 Å². The van der Waals surface area contributed by atoms with Crippen molar-refractivity contribution in [2.75, 3.05) is 5.32 Å². The number of aromatic amines is 1. The van der Waals surface area contributed by atoms with Gasteiger partial charge in [0.15, 0.2) is 5.82 Å². The predicted molar refractivity (Wildman–Crippen MR) is 113 cm³/mol. The minimum atomic E-state index is -0.427. The number of carbonyl (C=O) groups is 2. The molecule has 8 heteroatoms. The molecule has 0 aliphatic heterocycles. The van der Waals surface area contributed by atoms with Gasteiger partial charge in [0.05, 0.1) is 16.7 Å². The number of nitrogens with one attached hydrogen (secondary N) is 3. The lowest BCUT2D eigenvalue weighted by atomic mass is 10.1. The van der Waals surface area contributed by atoms with E-state index >= 15 is 0 Å². The van der Waals surface area contributed by atoms with Gasteiger partial charge in [-0.3, -0.25) is 19.7 Å². The monoisotopic (exact) mass is 415 g/mol. The molecule has 154 valence electrons. The fourth-order valence-corrected chi connectivity index (χ4v) is 3.54. The van der Waals surface area contributed by atoms with Gasteiger partial charge in [-0.1, -0.05) is 6.07 Å². The van der Waals surface area contributed by atoms with Crippen LogP contribution < -0.4 is 10.6 Å². The molecule has 5 rings (SSSR count). The first-order chi connectivity index (χ1) is 15.0. The maximum atomic E-state index is 13.1. The van der Waals surface area contributed by atoms with Crippen LogP contribution in [0.4, 0.5) is 10.2 Å². The Morgan fingerprint density at radius 3 is 2.45 bits per heavy atom. The van der Waals surface area contributed by atoms with E-state index in [0.717, 1.165) is 18.5 Å². The standard InChI is InChI=1S/C23H18FN5O2/c24-16-7-4-14(5-8-16)21(30)26-20-17-13-15(6-9-18(17)28-29-20)22(31)27-23(10-11-23)19-3-1-2-12-25-19/h1-9,12-13H,10-11H2,(H,27,31)(H2,26,28,29,30). The third kappa shape index (κ3) is 3.63. The Morgan fingerprint density at radius 2 is 1.74 bits per heavy atom. The molecular weight excluding hydrogens is 397 g/mol. The Labute approximate surface area is 176 Å². The zero-order valence-corrected chi connectivity index (χ0v) is 16.4. The molecule has 0 spiro atoms. The van der Waals surface area contributed by atoms with Gasteiger partial charge in [-0.05, 0) is 67.4 Å². The molecule has 2 aromatic carbocycles. The summed E-state index contributed by atoms with van der Waals surface area (Å²) in [5.41, 5.74) is 1.85. The lowest BCUT2D eigenvalue weighted by Crippen LogP contribution is -2.35. The van der Waals surface area contributed by atoms with Crippen LogP contribution in [0.5, 0.6) is 0 Å². The SMILES string of the molecule is O=C(Nc1n[nH]c2ccc(C(=O)NC3(c4ccccn4)CC3)cc12)c1ccc(F)cc1. The van der Waals surface area contributed by atoms with Gasteiger partial charge >= 0.3 is 0 Å². The van der Waals surface area contributed by atoms with E-state index in [0.29, 0.717) is 27.8 Å². The summed E-state index contributed by atoms with van der Waals surface area (Å²) in [6.07, 6.45) is 3.39. The van der Waals surface area contributed by atoms with Crippen LogP contribution in [-0.2, 0) is 5.54 Å². The molecule has 31 heavy (non-hydrogen) atoms. The van der Waals surface area contributed by atoms with Crippen LogP contribution in [0.15, 0.2) is 66.9 Å². The summed E-state index contributed by atoms with van der Waals surface area (Å²) in [4.78, 5) is 29.8. The molecule has 1 aliphatic carbocycles. The Bertz CT molecular complexity index is 1280. The van der Waals surface area contributed by atoms with Crippen molar-refractivity contribution in [2.45, 2.75) is 18.4 Å². The predicted octanol–water partition coefficient (Wildman–Crippen LogP) is 3.77. The number of amides is 2. The van der Waals surface area contributed by atoms with E-state index in [1.807, 2.05) is 18.2 Å². The molecule has 0 saturated heterocycles. The van der Waals surface area contributed by atoms with Crippen molar-refractivity contribution in [1.29, 1.82) is 0 Å². The largest absolute Gasteiger partial charge is 0.341 e. The lowest BCUT2D eigenvalue weighted by molar-refractivity contribution is 0.0929. The minimum Gasteiger partial charge on any atom is -0.341 e. The van der Waals surface area contributed by atoms with Gasteiger partial charge in [-0.15, -0.1) is 0 Å². The first kappa shape index (κ1) is 18.9. The zero-order chi connectivity index (χ0) is 21.4. The summed E-state index contributed by atoms with van der Waals surface area (Å²) in [7, 11) is 0. The Kier molecular flexibility index (Phi) is 4.47. The van der Waals surface area contributed by atoms with Crippen molar-refractivity contribution >= 4 is 28.5 Å². The first-order valence-corrected chi connectivity index (χ1v) is 9.83. The first-order valence-electron chi connectivity index (χ1n) is 9.83. The number of aromatic nitrogens is 3. The summed E-state index contributed by atoms with van der Waals surface area (Å²) >= 11 is 0. The number of hydrogen-bond donors (Lipinski definition) is 3. The molecule has 0 unspecified atom stereocenters. The molecule has 1 saturated carbocycles. The summed E-state index contributed by atoms with van der Waals surface area (Å²) in [5, 5.41) is 13.4. The number of halogens is 1. The molecule has 4 aromatic rings. The van der Waals surface area contributed by atoms with Gasteiger partial charge in [0.1, 0.15) is 5.82 Å². The van der Waals surface area contributed by atoms with Gasteiger partial charge < -0.3 is 10.6 Å². The molecule has 7 nitrogen and oxygen atoms in total. The molecule has 2 amide bonds. The average molecular weight is 415 g/mol. The molecular formula is C23H18FN5O2. The number of rotatable bonds is 5. The van der Waals surface area contributed by atoms with Crippen LogP contribution in [0.3, 0.4) is 0 Å². The molecule has 3 N–H and O–H groups in total. The second kappa shape index (κ2) is 7.32. The second-order valence-electron chi connectivity index (χ2n) is 7.54. The van der Waals surface area contributed by atoms with Crippen molar-refractivity contribution in [3.8, 4) is 0 Å². The molecule has 1 aliphatic rings. The van der Waals surface area contributed by atoms with Crippen LogP contribution in [0.2, 0.25) is 0 Å². The van der Waals surface area contributed by atoms with Crippen molar-refractivity contribution < 1.29 is 14.0 Å². The third-order valence-electron chi connectivity index (χ3n) is 5.42. The highest BCUT2D eigenvalue weighted by molar-refractivity contribution is 6.09. The zero-order valence-electron chi connectivity index (χ0n) is 16.4. The average Bonchev–Trinajstić information content (AvgIpc) is 3.47. The van der Waals surface area contributed by atoms with E-state index in [4.69, 9.17) is 0 Å². The van der Waals surface area contributed by atoms with E-state index in [1.54, 1.807) is 24.4 Å². The molecule has 0 atom stereocenters. The van der Waals surface area contributed by atoms with Crippen molar-refractivity contribution in [3.05, 3.63) is 89.5 Å². The Hall–Kier alpha value is -4.07. The number of benzene rings is 2. The van der Waals surface area contributed by atoms with E-state index < -0.39 is 17.3 Å². The van der Waals surface area contributed by atoms with Crippen molar-refractivity contribution in [3.63, 3.8) is 0 Å². The van der Waals surface area contributed by atoms with Gasteiger partial charge in [0, 0.05) is 22.7 Å². The fraction of sp³-hybridized carbons (Fsp3) is 0.130. The third-order valence-corrected chi connectivity index (χ3v) is 5.42. The maximum Gasteiger partial charge on any atom is 0.256 e. The van der Waals surface area contributed by atoms with Gasteiger partial charge in [-0.2, -0.15) is 5.10 Å². The van der Waals surface area contributed by atoms with E-state index in [1.165, 1.54) is 24.3 Å². The smallest absolute Gasteiger partial charge is 0.256 e. The van der Waals surface area contributed by atoms with Crippen LogP contribution in [0.1, 0.15) is 39.3 Å². The van der Waals surface area contributed by atoms with E-state index in [-0.39, 0.29) is 5.91 Å². The Morgan fingerprint density at radius 1 is 0.968 bits per heavy atom. The number of nitrogens with zero attached hydrogens (tertiary/aromatic N) is 2. The number of carbonyl (C=O) groups excluding carboxylic acids is 2. The number of anilines is 1. The second-order valence-corrected chi connectivity index (χ2v) is 7.54. The molecule has 2 aromatic heterocycles. The van der Waals surface area contributed by atoms with Gasteiger partial charge in [0.2, 0.25) is 0 Å². The summed E-state index contributed by atoms with van der Waals surface area (Å²) in [6.45, 7) is 0. The number of pyridine rings is 1. The highest BCUT2D eigenvalue weighted by atomic mass is 19.1. The van der Waals surface area contributed by atoms with Gasteiger partial charge in [0.25, 0.3) is 11.8 Å². The molecule has 0 bridgehead atoms. The highest BCUT2D eigenvalue weighted by Gasteiger charge is 2.47. The van der Waals surface area contributed by atoms with Crippen molar-refractivity contribution in [1.82, 2.24) is 20.5 Å². The van der Waals surface area contributed by atoms with Gasteiger partial charge in [-0.25, -0.2) is 4.39 Å². The van der Waals surface area contributed by atoms with Crippen LogP contribution in [0, 0.1) is 5.82 Å². The highest BCUT2D eigenvalue weighted by Crippen LogP contribution is 2.44. The van der Waals surface area contributed by atoms with Crippen molar-refractivity contribution in [2.24, 2.45) is 0 Å². The molecule has 0 radical (unpaired) electrons. The van der Waals surface area contributed by atoms with E-state index in [9.17, 15) is 14.0 Å². The summed E-state index contributed by atoms with van der Waals surface area (Å²) in [6, 6.07) is 16.0. The fourth-order valence-electron chi connectivity index (χ4n) is 3.54. The normalized spacial score (nSPS) is 14.2. The van der Waals surface area contributed by atoms with Crippen LogP contribution in [0.25, 0.3) is 10.9 Å². The topological polar surface area (TPSA) is 99.8 Å². The maximum absolute atomic E-state index is 13.1. The summed E-state index contributed by atoms with van der Waals surface area (Å²) in [5.74, 6) is -0.765. The lowest BCUT2D eigenvalue weighted by Gasteiger charge is -2.17. The minimum absolute atomic E-state index is 0.220. The molecule has 1 fully saturated rings. The number of H-pyrrole nitrogens is 1. The number of hydrogen-bond acceptors (Lipinski definition) is 4. The quantitative estimate of drug-likeness (QED) is 0.462.